The first kappa shape index (κ1) is 17.6. The van der Waals surface area contributed by atoms with Gasteiger partial charge in [-0.1, -0.05) is 17.7 Å². The number of Topliss-reactive ketones (excluding diaryl/α,β-unsaturated/α-hetero) is 1. The highest BCUT2D eigenvalue weighted by molar-refractivity contribution is 6.30. The Labute approximate surface area is 155 Å². The Morgan fingerprint density at radius 2 is 1.62 bits per heavy atom. The molecule has 1 aromatic heterocycles. The minimum absolute atomic E-state index is 0.0286. The van der Waals surface area contributed by atoms with E-state index in [4.69, 9.17) is 11.6 Å². The van der Waals surface area contributed by atoms with Crippen molar-refractivity contribution in [2.45, 2.75) is 6.92 Å². The highest BCUT2D eigenvalue weighted by atomic mass is 35.5. The maximum Gasteiger partial charge on any atom is 0.258 e. The zero-order valence-electron chi connectivity index (χ0n) is 13.9. The number of amides is 1. The third-order valence-electron chi connectivity index (χ3n) is 3.54. The summed E-state index contributed by atoms with van der Waals surface area (Å²) in [5.74, 6) is -0.0106. The number of carbonyl (C=O) groups excluding carboxylic acids is 2. The molecule has 6 nitrogen and oxygen atoms in total. The molecular weight excluding hydrogens is 352 g/mol. The van der Waals surface area contributed by atoms with Gasteiger partial charge in [0.05, 0.1) is 5.56 Å². The van der Waals surface area contributed by atoms with E-state index in [-0.39, 0.29) is 11.7 Å². The lowest BCUT2D eigenvalue weighted by molar-refractivity contribution is 0.101. The van der Waals surface area contributed by atoms with Crippen molar-refractivity contribution in [1.29, 1.82) is 0 Å². The van der Waals surface area contributed by atoms with Crippen LogP contribution in [0.1, 0.15) is 27.6 Å². The summed E-state index contributed by atoms with van der Waals surface area (Å²) in [5, 5.41) is 6.34. The molecule has 0 bridgehead atoms. The van der Waals surface area contributed by atoms with Gasteiger partial charge < -0.3 is 10.6 Å². The molecule has 0 fully saturated rings. The van der Waals surface area contributed by atoms with Crippen LogP contribution in [0.15, 0.2) is 60.9 Å². The standard InChI is InChI=1S/C19H15ClN4O2/c1-12(25)13-5-7-16(8-6-13)23-18(26)14-10-21-19(22-11-14)24-17-4-2-3-15(20)9-17/h2-11H,1H3,(H,23,26)(H,21,22,24). The van der Waals surface area contributed by atoms with Gasteiger partial charge in [-0.2, -0.15) is 0 Å². The molecule has 130 valence electrons. The fraction of sp³-hybridized carbons (Fsp3) is 0.0526. The maximum atomic E-state index is 12.3. The molecule has 0 aliphatic heterocycles. The number of anilines is 3. The molecule has 3 rings (SSSR count). The Morgan fingerprint density at radius 3 is 2.23 bits per heavy atom. The van der Waals surface area contributed by atoms with Crippen molar-refractivity contribution < 1.29 is 9.59 Å². The molecule has 0 aliphatic carbocycles. The van der Waals surface area contributed by atoms with Crippen molar-refractivity contribution in [2.75, 3.05) is 10.6 Å². The lowest BCUT2D eigenvalue weighted by atomic mass is 10.1. The summed E-state index contributed by atoms with van der Waals surface area (Å²) in [5.41, 5.74) is 2.24. The predicted octanol–water partition coefficient (Wildman–Crippen LogP) is 4.33. The Bertz CT molecular complexity index is 941. The molecule has 0 unspecified atom stereocenters. The van der Waals surface area contributed by atoms with E-state index in [1.54, 1.807) is 36.4 Å². The number of aromatic nitrogens is 2. The van der Waals surface area contributed by atoms with Gasteiger partial charge in [-0.25, -0.2) is 9.97 Å². The van der Waals surface area contributed by atoms with Gasteiger partial charge in [0, 0.05) is 34.4 Å². The summed E-state index contributed by atoms with van der Waals surface area (Å²) in [7, 11) is 0. The second-order valence-corrected chi connectivity index (χ2v) is 5.95. The van der Waals surface area contributed by atoms with Gasteiger partial charge in [-0.3, -0.25) is 9.59 Å². The summed E-state index contributed by atoms with van der Waals surface area (Å²) >= 11 is 5.93. The number of nitrogens with zero attached hydrogens (tertiary/aromatic N) is 2. The largest absolute Gasteiger partial charge is 0.324 e. The van der Waals surface area contributed by atoms with E-state index in [0.717, 1.165) is 5.69 Å². The van der Waals surface area contributed by atoms with Crippen LogP contribution in [0.5, 0.6) is 0 Å². The average molecular weight is 367 g/mol. The van der Waals surface area contributed by atoms with E-state index in [2.05, 4.69) is 20.6 Å². The molecule has 3 aromatic rings. The number of ketones is 1. The normalized spacial score (nSPS) is 10.2. The topological polar surface area (TPSA) is 84.0 Å². The van der Waals surface area contributed by atoms with Gasteiger partial charge >= 0.3 is 0 Å². The van der Waals surface area contributed by atoms with Crippen LogP contribution >= 0.6 is 11.6 Å². The fourth-order valence-corrected chi connectivity index (χ4v) is 2.39. The van der Waals surface area contributed by atoms with E-state index >= 15 is 0 Å². The van der Waals surface area contributed by atoms with Gasteiger partial charge in [0.25, 0.3) is 5.91 Å². The van der Waals surface area contributed by atoms with Crippen LogP contribution in [0, 0.1) is 0 Å². The summed E-state index contributed by atoms with van der Waals surface area (Å²) in [6.45, 7) is 1.49. The minimum Gasteiger partial charge on any atom is -0.324 e. The molecule has 1 amide bonds. The molecule has 1 heterocycles. The Kier molecular flexibility index (Phi) is 5.24. The number of benzene rings is 2. The molecule has 0 aliphatic rings. The van der Waals surface area contributed by atoms with E-state index in [0.29, 0.717) is 27.8 Å². The van der Waals surface area contributed by atoms with Gasteiger partial charge in [0.1, 0.15) is 0 Å². The second kappa shape index (κ2) is 7.76. The average Bonchev–Trinajstić information content (AvgIpc) is 2.63. The Morgan fingerprint density at radius 1 is 0.923 bits per heavy atom. The first-order chi connectivity index (χ1) is 12.5. The first-order valence-electron chi connectivity index (χ1n) is 7.78. The molecule has 0 spiro atoms. The number of carbonyl (C=O) groups is 2. The fourth-order valence-electron chi connectivity index (χ4n) is 2.20. The number of rotatable bonds is 5. The van der Waals surface area contributed by atoms with Crippen LogP contribution in [-0.4, -0.2) is 21.7 Å². The molecule has 26 heavy (non-hydrogen) atoms. The van der Waals surface area contributed by atoms with Gasteiger partial charge in [0.15, 0.2) is 5.78 Å². The zero-order chi connectivity index (χ0) is 18.5. The highest BCUT2D eigenvalue weighted by Crippen LogP contribution is 2.18. The van der Waals surface area contributed by atoms with Crippen molar-refractivity contribution in [1.82, 2.24) is 9.97 Å². The maximum absolute atomic E-state index is 12.3. The predicted molar refractivity (Wildman–Crippen MR) is 101 cm³/mol. The number of halogens is 1. The molecule has 0 saturated heterocycles. The summed E-state index contributed by atoms with van der Waals surface area (Å²) in [6.07, 6.45) is 2.86. The van der Waals surface area contributed by atoms with Crippen molar-refractivity contribution >= 4 is 40.6 Å². The molecule has 0 radical (unpaired) electrons. The summed E-state index contributed by atoms with van der Waals surface area (Å²) < 4.78 is 0. The Hall–Kier alpha value is -3.25. The molecule has 0 saturated carbocycles. The smallest absolute Gasteiger partial charge is 0.258 e. The minimum atomic E-state index is -0.338. The lowest BCUT2D eigenvalue weighted by Crippen LogP contribution is -2.13. The third-order valence-corrected chi connectivity index (χ3v) is 3.78. The van der Waals surface area contributed by atoms with Gasteiger partial charge in [0.2, 0.25) is 5.95 Å². The van der Waals surface area contributed by atoms with E-state index in [1.807, 2.05) is 12.1 Å². The van der Waals surface area contributed by atoms with Crippen LogP contribution in [0.4, 0.5) is 17.3 Å². The number of hydrogen-bond donors (Lipinski definition) is 2. The highest BCUT2D eigenvalue weighted by Gasteiger charge is 2.08. The van der Waals surface area contributed by atoms with Crippen LogP contribution < -0.4 is 10.6 Å². The van der Waals surface area contributed by atoms with Crippen LogP contribution in [0.25, 0.3) is 0 Å². The first-order valence-corrected chi connectivity index (χ1v) is 8.16. The lowest BCUT2D eigenvalue weighted by Gasteiger charge is -2.07. The summed E-state index contributed by atoms with van der Waals surface area (Å²) in [6, 6.07) is 13.8. The molecule has 2 N–H and O–H groups in total. The van der Waals surface area contributed by atoms with Crippen molar-refractivity contribution in [3.8, 4) is 0 Å². The zero-order valence-corrected chi connectivity index (χ0v) is 14.6. The number of hydrogen-bond acceptors (Lipinski definition) is 5. The quantitative estimate of drug-likeness (QED) is 0.656. The summed E-state index contributed by atoms with van der Waals surface area (Å²) in [4.78, 5) is 31.8. The van der Waals surface area contributed by atoms with Gasteiger partial charge in [-0.15, -0.1) is 0 Å². The van der Waals surface area contributed by atoms with Crippen molar-refractivity contribution in [3.05, 3.63) is 77.1 Å². The molecule has 2 aromatic carbocycles. The molecular formula is C19H15ClN4O2. The Balaban J connectivity index is 1.65. The van der Waals surface area contributed by atoms with Crippen LogP contribution in [0.3, 0.4) is 0 Å². The van der Waals surface area contributed by atoms with Gasteiger partial charge in [-0.05, 0) is 49.4 Å². The van der Waals surface area contributed by atoms with Crippen molar-refractivity contribution in [2.24, 2.45) is 0 Å². The molecule has 7 heteroatoms. The monoisotopic (exact) mass is 366 g/mol. The van der Waals surface area contributed by atoms with E-state index in [9.17, 15) is 9.59 Å². The van der Waals surface area contributed by atoms with Crippen molar-refractivity contribution in [3.63, 3.8) is 0 Å². The second-order valence-electron chi connectivity index (χ2n) is 5.52. The SMILES string of the molecule is CC(=O)c1ccc(NC(=O)c2cnc(Nc3cccc(Cl)c3)nc2)cc1. The number of nitrogens with one attached hydrogen (secondary N) is 2. The van der Waals surface area contributed by atoms with E-state index in [1.165, 1.54) is 19.3 Å². The van der Waals surface area contributed by atoms with Crippen LogP contribution in [-0.2, 0) is 0 Å². The van der Waals surface area contributed by atoms with Crippen LogP contribution in [0.2, 0.25) is 5.02 Å². The molecule has 0 atom stereocenters. The third kappa shape index (κ3) is 4.43. The van der Waals surface area contributed by atoms with E-state index < -0.39 is 0 Å².